The highest BCUT2D eigenvalue weighted by Gasteiger charge is 2.15. The Morgan fingerprint density at radius 2 is 1.83 bits per heavy atom. The normalized spacial score (nSPS) is 10.1. The molecule has 0 aliphatic carbocycles. The molecule has 0 unspecified atom stereocenters. The Labute approximate surface area is 148 Å². The fourth-order valence-corrected chi connectivity index (χ4v) is 2.66. The highest BCUT2D eigenvalue weighted by molar-refractivity contribution is 14.1. The summed E-state index contributed by atoms with van der Waals surface area (Å²) < 4.78 is 16.3. The molecule has 0 spiro atoms. The Hall–Kier alpha value is -2.03. The van der Waals surface area contributed by atoms with Gasteiger partial charge in [0.1, 0.15) is 0 Å². The van der Waals surface area contributed by atoms with E-state index in [1.54, 1.807) is 38.6 Å². The third-order valence-electron chi connectivity index (χ3n) is 3.18. The Morgan fingerprint density at radius 3 is 2.48 bits per heavy atom. The molecular weight excluding hydrogens is 411 g/mol. The number of nitrogens with zero attached hydrogens (tertiary/aromatic N) is 1. The van der Waals surface area contributed by atoms with Gasteiger partial charge in [-0.3, -0.25) is 4.79 Å². The molecule has 0 aliphatic heterocycles. The summed E-state index contributed by atoms with van der Waals surface area (Å²) in [6.07, 6.45) is 1.64. The van der Waals surface area contributed by atoms with Crippen LogP contribution in [-0.4, -0.2) is 32.2 Å². The van der Waals surface area contributed by atoms with E-state index in [2.05, 4.69) is 32.9 Å². The monoisotopic (exact) mass is 428 g/mol. The molecular formula is C16H17IN2O4. The molecule has 23 heavy (non-hydrogen) atoms. The van der Waals surface area contributed by atoms with Crippen molar-refractivity contribution in [2.45, 2.75) is 6.54 Å². The molecule has 0 saturated heterocycles. The quantitative estimate of drug-likeness (QED) is 0.717. The van der Waals surface area contributed by atoms with Crippen LogP contribution in [0.25, 0.3) is 0 Å². The number of carbonyl (C=O) groups is 1. The zero-order valence-electron chi connectivity index (χ0n) is 13.1. The first-order valence-electron chi connectivity index (χ1n) is 6.77. The van der Waals surface area contributed by atoms with E-state index in [0.29, 0.717) is 29.5 Å². The van der Waals surface area contributed by atoms with Crippen LogP contribution in [0.2, 0.25) is 0 Å². The summed E-state index contributed by atoms with van der Waals surface area (Å²) in [6, 6.07) is 7.04. The average molecular weight is 428 g/mol. The molecule has 2 rings (SSSR count). The second-order valence-electron chi connectivity index (χ2n) is 4.58. The highest BCUT2D eigenvalue weighted by Crippen LogP contribution is 2.31. The first-order valence-corrected chi connectivity index (χ1v) is 7.85. The highest BCUT2D eigenvalue weighted by atomic mass is 127. The Morgan fingerprint density at radius 1 is 1.13 bits per heavy atom. The average Bonchev–Trinajstić information content (AvgIpc) is 2.59. The van der Waals surface area contributed by atoms with E-state index in [-0.39, 0.29) is 5.91 Å². The van der Waals surface area contributed by atoms with Crippen LogP contribution in [0.1, 0.15) is 15.9 Å². The summed E-state index contributed by atoms with van der Waals surface area (Å²) >= 11 is 2.10. The van der Waals surface area contributed by atoms with Gasteiger partial charge in [0.25, 0.3) is 5.91 Å². The van der Waals surface area contributed by atoms with Crippen molar-refractivity contribution in [3.05, 3.63) is 45.2 Å². The van der Waals surface area contributed by atoms with Crippen LogP contribution in [-0.2, 0) is 6.54 Å². The van der Waals surface area contributed by atoms with Gasteiger partial charge in [-0.1, -0.05) is 0 Å². The largest absolute Gasteiger partial charge is 0.493 e. The molecule has 0 radical (unpaired) electrons. The maximum absolute atomic E-state index is 12.4. The molecule has 0 saturated carbocycles. The second kappa shape index (κ2) is 8.00. The summed E-state index contributed by atoms with van der Waals surface area (Å²) in [5.74, 6) is 1.43. The van der Waals surface area contributed by atoms with Crippen molar-refractivity contribution in [2.75, 3.05) is 21.3 Å². The molecule has 0 fully saturated rings. The number of methoxy groups -OCH3 is 3. The molecule has 0 atom stereocenters. The van der Waals surface area contributed by atoms with Crippen molar-refractivity contribution >= 4 is 28.5 Å². The number of carbonyl (C=O) groups excluding carboxylic acids is 1. The van der Waals surface area contributed by atoms with Crippen molar-refractivity contribution in [1.82, 2.24) is 10.3 Å². The number of hydrogen-bond acceptors (Lipinski definition) is 5. The summed E-state index contributed by atoms with van der Waals surface area (Å²) in [5.41, 5.74) is 1.44. The van der Waals surface area contributed by atoms with E-state index in [4.69, 9.17) is 14.2 Å². The smallest absolute Gasteiger partial charge is 0.252 e. The first-order chi connectivity index (χ1) is 11.1. The lowest BCUT2D eigenvalue weighted by Crippen LogP contribution is -2.23. The number of amides is 1. The predicted molar refractivity (Wildman–Crippen MR) is 94.2 cm³/mol. The number of rotatable bonds is 6. The minimum Gasteiger partial charge on any atom is -0.493 e. The van der Waals surface area contributed by atoms with E-state index in [9.17, 15) is 4.79 Å². The van der Waals surface area contributed by atoms with Gasteiger partial charge in [0.2, 0.25) is 5.88 Å². The number of ether oxygens (including phenoxy) is 3. The van der Waals surface area contributed by atoms with Crippen LogP contribution in [0.5, 0.6) is 17.4 Å². The molecule has 6 nitrogen and oxygen atoms in total. The van der Waals surface area contributed by atoms with Gasteiger partial charge in [-0.25, -0.2) is 4.98 Å². The van der Waals surface area contributed by atoms with Gasteiger partial charge >= 0.3 is 0 Å². The van der Waals surface area contributed by atoms with Gasteiger partial charge in [-0.2, -0.15) is 0 Å². The Balaban J connectivity index is 2.14. The van der Waals surface area contributed by atoms with E-state index in [0.717, 1.165) is 9.13 Å². The number of aromatic nitrogens is 1. The summed E-state index contributed by atoms with van der Waals surface area (Å²) in [4.78, 5) is 16.4. The van der Waals surface area contributed by atoms with E-state index in [1.165, 1.54) is 7.11 Å². The van der Waals surface area contributed by atoms with Crippen LogP contribution in [0.4, 0.5) is 0 Å². The second-order valence-corrected chi connectivity index (χ2v) is 5.74. The fourth-order valence-electron chi connectivity index (χ4n) is 1.98. The minimum absolute atomic E-state index is 0.189. The lowest BCUT2D eigenvalue weighted by atomic mass is 10.1. The first kappa shape index (κ1) is 17.3. The lowest BCUT2D eigenvalue weighted by molar-refractivity contribution is 0.0949. The zero-order valence-corrected chi connectivity index (χ0v) is 15.2. The molecule has 0 bridgehead atoms. The van der Waals surface area contributed by atoms with Gasteiger partial charge in [0, 0.05) is 22.4 Å². The van der Waals surface area contributed by atoms with Crippen LogP contribution in [0, 0.1) is 3.57 Å². The number of pyridine rings is 1. The lowest BCUT2D eigenvalue weighted by Gasteiger charge is -2.12. The van der Waals surface area contributed by atoms with Crippen LogP contribution in [0.15, 0.2) is 30.5 Å². The van der Waals surface area contributed by atoms with Gasteiger partial charge in [0.15, 0.2) is 11.5 Å². The molecule has 7 heteroatoms. The number of benzene rings is 1. The SMILES string of the molecule is COc1cc(CNC(=O)c2cc(OC)c(OC)cc2I)ccn1. The van der Waals surface area contributed by atoms with Crippen LogP contribution >= 0.6 is 22.6 Å². The number of nitrogens with one attached hydrogen (secondary N) is 1. The summed E-state index contributed by atoms with van der Waals surface area (Å²) in [6.45, 7) is 0.377. The third-order valence-corrected chi connectivity index (χ3v) is 4.07. The molecule has 122 valence electrons. The number of hydrogen-bond donors (Lipinski definition) is 1. The molecule has 1 amide bonds. The van der Waals surface area contributed by atoms with E-state index < -0.39 is 0 Å². The minimum atomic E-state index is -0.189. The number of halogens is 1. The third kappa shape index (κ3) is 4.25. The summed E-state index contributed by atoms with van der Waals surface area (Å²) in [5, 5.41) is 2.87. The van der Waals surface area contributed by atoms with Crippen molar-refractivity contribution in [1.29, 1.82) is 0 Å². The maximum Gasteiger partial charge on any atom is 0.252 e. The fraction of sp³-hybridized carbons (Fsp3) is 0.250. The predicted octanol–water partition coefficient (Wildman–Crippen LogP) is 2.64. The van der Waals surface area contributed by atoms with E-state index in [1.807, 2.05) is 6.07 Å². The Bertz CT molecular complexity index is 706. The van der Waals surface area contributed by atoms with E-state index >= 15 is 0 Å². The molecule has 2 aromatic rings. The molecule has 1 heterocycles. The van der Waals surface area contributed by atoms with Crippen LogP contribution < -0.4 is 19.5 Å². The topological polar surface area (TPSA) is 69.7 Å². The molecule has 1 N–H and O–H groups in total. The van der Waals surface area contributed by atoms with Gasteiger partial charge < -0.3 is 19.5 Å². The van der Waals surface area contributed by atoms with Crippen molar-refractivity contribution < 1.29 is 19.0 Å². The maximum atomic E-state index is 12.4. The zero-order chi connectivity index (χ0) is 16.8. The van der Waals surface area contributed by atoms with Crippen molar-refractivity contribution in [3.8, 4) is 17.4 Å². The standard InChI is InChI=1S/C16H17IN2O4/c1-21-13-7-11(12(17)8-14(13)22-2)16(20)19-9-10-4-5-18-15(6-10)23-3/h4-8H,9H2,1-3H3,(H,19,20). The summed E-state index contributed by atoms with van der Waals surface area (Å²) in [7, 11) is 4.65. The van der Waals surface area contributed by atoms with Crippen molar-refractivity contribution in [2.24, 2.45) is 0 Å². The molecule has 1 aromatic carbocycles. The van der Waals surface area contributed by atoms with Gasteiger partial charge in [0.05, 0.1) is 26.9 Å². The molecule has 0 aliphatic rings. The Kier molecular flexibility index (Phi) is 6.03. The van der Waals surface area contributed by atoms with Gasteiger partial charge in [-0.05, 0) is 46.4 Å². The van der Waals surface area contributed by atoms with Crippen LogP contribution in [0.3, 0.4) is 0 Å². The van der Waals surface area contributed by atoms with Crippen molar-refractivity contribution in [3.63, 3.8) is 0 Å². The molecule has 1 aromatic heterocycles. The van der Waals surface area contributed by atoms with Gasteiger partial charge in [-0.15, -0.1) is 0 Å².